The fraction of sp³-hybridized carbons (Fsp3) is 0.500. The summed E-state index contributed by atoms with van der Waals surface area (Å²) >= 11 is 0. The van der Waals surface area contributed by atoms with Gasteiger partial charge in [0, 0.05) is 6.54 Å². The van der Waals surface area contributed by atoms with Gasteiger partial charge in [-0.25, -0.2) is 9.59 Å². The molecule has 1 amide bonds. The third kappa shape index (κ3) is 4.72. The van der Waals surface area contributed by atoms with Gasteiger partial charge in [0.15, 0.2) is 0 Å². The summed E-state index contributed by atoms with van der Waals surface area (Å²) in [5.41, 5.74) is 0.317. The van der Waals surface area contributed by atoms with E-state index in [2.05, 4.69) is 0 Å². The Morgan fingerprint density at radius 2 is 1.96 bits per heavy atom. The van der Waals surface area contributed by atoms with Crippen LogP contribution in [0.5, 0.6) is 0 Å². The highest BCUT2D eigenvalue weighted by molar-refractivity contribution is 5.89. The van der Waals surface area contributed by atoms with Crippen molar-refractivity contribution in [3.63, 3.8) is 0 Å². The lowest BCUT2D eigenvalue weighted by molar-refractivity contribution is 0.0106. The van der Waals surface area contributed by atoms with Gasteiger partial charge in [-0.1, -0.05) is 0 Å². The Balaban J connectivity index is 1.91. The third-order valence-corrected chi connectivity index (χ3v) is 3.66. The summed E-state index contributed by atoms with van der Waals surface area (Å²) in [6, 6.07) is 8.08. The molecular weight excluding hydrogens is 308 g/mol. The molecule has 1 aliphatic heterocycles. The largest absolute Gasteiger partial charge is 0.460 e. The number of amides is 1. The second-order valence-electron chi connectivity index (χ2n) is 6.76. The van der Waals surface area contributed by atoms with Gasteiger partial charge in [-0.05, 0) is 57.9 Å². The predicted molar refractivity (Wildman–Crippen MR) is 87.4 cm³/mol. The lowest BCUT2D eigenvalue weighted by Crippen LogP contribution is -2.42. The zero-order chi connectivity index (χ0) is 17.7. The molecule has 0 aromatic heterocycles. The first-order chi connectivity index (χ1) is 11.3. The van der Waals surface area contributed by atoms with Crippen molar-refractivity contribution >= 4 is 12.1 Å². The SMILES string of the molecule is CC(C)(C)OC(=O)N1CCC[C@H]1COC(=O)c1ccc(C#N)cc1. The van der Waals surface area contributed by atoms with Crippen LogP contribution in [0.3, 0.4) is 0 Å². The molecule has 1 saturated heterocycles. The molecule has 1 fully saturated rings. The molecule has 1 aromatic rings. The van der Waals surface area contributed by atoms with E-state index in [-0.39, 0.29) is 18.7 Å². The number of hydrogen-bond donors (Lipinski definition) is 0. The summed E-state index contributed by atoms with van der Waals surface area (Å²) in [5, 5.41) is 8.76. The van der Waals surface area contributed by atoms with Gasteiger partial charge in [0.05, 0.1) is 23.2 Å². The second kappa shape index (κ2) is 7.35. The topological polar surface area (TPSA) is 79.6 Å². The maximum absolute atomic E-state index is 12.2. The van der Waals surface area contributed by atoms with E-state index in [0.29, 0.717) is 17.7 Å². The molecule has 0 spiro atoms. The summed E-state index contributed by atoms with van der Waals surface area (Å²) in [6.45, 7) is 6.20. The fourth-order valence-corrected chi connectivity index (χ4v) is 2.51. The summed E-state index contributed by atoms with van der Waals surface area (Å²) in [4.78, 5) is 25.9. The zero-order valence-electron chi connectivity index (χ0n) is 14.2. The standard InChI is InChI=1S/C18H22N2O4/c1-18(2,3)24-17(22)20-10-4-5-15(20)12-23-16(21)14-8-6-13(11-19)7-9-14/h6-9,15H,4-5,10,12H2,1-3H3/t15-/m0/s1. The molecule has 6 nitrogen and oxygen atoms in total. The molecule has 0 saturated carbocycles. The lowest BCUT2D eigenvalue weighted by Gasteiger charge is -2.28. The molecule has 1 aliphatic rings. The van der Waals surface area contributed by atoms with Crippen molar-refractivity contribution in [1.82, 2.24) is 4.90 Å². The molecule has 1 aromatic carbocycles. The third-order valence-electron chi connectivity index (χ3n) is 3.66. The molecule has 1 heterocycles. The molecule has 0 N–H and O–H groups in total. The number of hydrogen-bond acceptors (Lipinski definition) is 5. The maximum atomic E-state index is 12.2. The number of nitriles is 1. The van der Waals surface area contributed by atoms with Crippen molar-refractivity contribution in [3.8, 4) is 6.07 Å². The summed E-state index contributed by atoms with van der Waals surface area (Å²) in [6.07, 6.45) is 1.26. The predicted octanol–water partition coefficient (Wildman–Crippen LogP) is 3.11. The minimum atomic E-state index is -0.552. The fourth-order valence-electron chi connectivity index (χ4n) is 2.51. The van der Waals surface area contributed by atoms with Crippen LogP contribution in [0.2, 0.25) is 0 Å². The van der Waals surface area contributed by atoms with Crippen LogP contribution >= 0.6 is 0 Å². The molecule has 2 rings (SSSR count). The minimum absolute atomic E-state index is 0.137. The van der Waals surface area contributed by atoms with Crippen LogP contribution in [-0.4, -0.2) is 41.8 Å². The number of rotatable bonds is 3. The van der Waals surface area contributed by atoms with Gasteiger partial charge < -0.3 is 14.4 Å². The quantitative estimate of drug-likeness (QED) is 0.796. The lowest BCUT2D eigenvalue weighted by atomic mass is 10.1. The molecular formula is C18H22N2O4. The molecule has 0 aliphatic carbocycles. The Bertz CT molecular complexity index is 640. The highest BCUT2D eigenvalue weighted by Crippen LogP contribution is 2.21. The van der Waals surface area contributed by atoms with Gasteiger partial charge in [0.2, 0.25) is 0 Å². The first-order valence-electron chi connectivity index (χ1n) is 7.97. The number of benzene rings is 1. The Morgan fingerprint density at radius 3 is 2.54 bits per heavy atom. The van der Waals surface area contributed by atoms with Crippen LogP contribution in [0.15, 0.2) is 24.3 Å². The van der Waals surface area contributed by atoms with E-state index in [9.17, 15) is 9.59 Å². The van der Waals surface area contributed by atoms with Crippen LogP contribution in [0.1, 0.15) is 49.5 Å². The van der Waals surface area contributed by atoms with Gasteiger partial charge in [-0.3, -0.25) is 0 Å². The minimum Gasteiger partial charge on any atom is -0.460 e. The molecule has 0 unspecified atom stereocenters. The number of ether oxygens (including phenoxy) is 2. The van der Waals surface area contributed by atoms with Crippen molar-refractivity contribution in [3.05, 3.63) is 35.4 Å². The monoisotopic (exact) mass is 330 g/mol. The molecule has 0 radical (unpaired) electrons. The van der Waals surface area contributed by atoms with Gasteiger partial charge in [-0.15, -0.1) is 0 Å². The van der Waals surface area contributed by atoms with Crippen LogP contribution < -0.4 is 0 Å². The van der Waals surface area contributed by atoms with Crippen LogP contribution in [0, 0.1) is 11.3 Å². The average molecular weight is 330 g/mol. The van der Waals surface area contributed by atoms with Gasteiger partial charge >= 0.3 is 12.1 Å². The average Bonchev–Trinajstić information content (AvgIpc) is 2.99. The van der Waals surface area contributed by atoms with E-state index in [4.69, 9.17) is 14.7 Å². The van der Waals surface area contributed by atoms with Gasteiger partial charge in [0.25, 0.3) is 0 Å². The van der Waals surface area contributed by atoms with E-state index in [1.54, 1.807) is 29.2 Å². The van der Waals surface area contributed by atoms with E-state index < -0.39 is 11.6 Å². The van der Waals surface area contributed by atoms with Crippen LogP contribution in [0.25, 0.3) is 0 Å². The maximum Gasteiger partial charge on any atom is 0.410 e. The van der Waals surface area contributed by atoms with Gasteiger partial charge in [-0.2, -0.15) is 5.26 Å². The summed E-state index contributed by atoms with van der Waals surface area (Å²) in [7, 11) is 0. The molecule has 24 heavy (non-hydrogen) atoms. The Kier molecular flexibility index (Phi) is 5.45. The van der Waals surface area contributed by atoms with Crippen molar-refractivity contribution < 1.29 is 19.1 Å². The zero-order valence-corrected chi connectivity index (χ0v) is 14.2. The molecule has 6 heteroatoms. The second-order valence-corrected chi connectivity index (χ2v) is 6.76. The van der Waals surface area contributed by atoms with Crippen molar-refractivity contribution in [2.75, 3.05) is 13.2 Å². The highest BCUT2D eigenvalue weighted by atomic mass is 16.6. The first-order valence-corrected chi connectivity index (χ1v) is 7.97. The number of esters is 1. The van der Waals surface area contributed by atoms with Crippen LogP contribution in [0.4, 0.5) is 4.79 Å². The number of carbonyl (C=O) groups excluding carboxylic acids is 2. The molecule has 1 atom stereocenters. The van der Waals surface area contributed by atoms with Crippen molar-refractivity contribution in [2.24, 2.45) is 0 Å². The number of nitrogens with zero attached hydrogens (tertiary/aromatic N) is 2. The van der Waals surface area contributed by atoms with Crippen molar-refractivity contribution in [1.29, 1.82) is 5.26 Å². The smallest absolute Gasteiger partial charge is 0.410 e. The Morgan fingerprint density at radius 1 is 1.29 bits per heavy atom. The summed E-state index contributed by atoms with van der Waals surface area (Å²) in [5.74, 6) is -0.462. The molecule has 0 bridgehead atoms. The molecule has 128 valence electrons. The van der Waals surface area contributed by atoms with Gasteiger partial charge in [0.1, 0.15) is 12.2 Å². The Hall–Kier alpha value is -2.55. The van der Waals surface area contributed by atoms with E-state index in [0.717, 1.165) is 12.8 Å². The van der Waals surface area contributed by atoms with E-state index >= 15 is 0 Å². The normalized spacial score (nSPS) is 17.2. The van der Waals surface area contributed by atoms with E-state index in [1.807, 2.05) is 26.8 Å². The van der Waals surface area contributed by atoms with Crippen LogP contribution in [-0.2, 0) is 9.47 Å². The summed E-state index contributed by atoms with van der Waals surface area (Å²) < 4.78 is 10.7. The highest BCUT2D eigenvalue weighted by Gasteiger charge is 2.33. The van der Waals surface area contributed by atoms with Crippen molar-refractivity contribution in [2.45, 2.75) is 45.3 Å². The number of carbonyl (C=O) groups is 2. The Labute approximate surface area is 142 Å². The number of likely N-dealkylation sites (tertiary alicyclic amines) is 1. The van der Waals surface area contributed by atoms with E-state index in [1.165, 1.54) is 0 Å². The first kappa shape index (κ1) is 17.8.